The van der Waals surface area contributed by atoms with Gasteiger partial charge in [-0.15, -0.1) is 0 Å². The van der Waals surface area contributed by atoms with Crippen molar-refractivity contribution in [2.75, 3.05) is 0 Å². The Hall–Kier alpha value is -0.850. The van der Waals surface area contributed by atoms with Gasteiger partial charge in [-0.2, -0.15) is 0 Å². The van der Waals surface area contributed by atoms with Crippen LogP contribution in [-0.4, -0.2) is 24.1 Å². The molecule has 2 N–H and O–H groups in total. The quantitative estimate of drug-likeness (QED) is 0.869. The van der Waals surface area contributed by atoms with Gasteiger partial charge < -0.3 is 9.67 Å². The molecular weight excluding hydrogens is 276 g/mol. The molecule has 1 heterocycles. The van der Waals surface area contributed by atoms with Crippen LogP contribution in [-0.2, 0) is 23.2 Å². The largest absolute Gasteiger partial charge is 0.390 e. The van der Waals surface area contributed by atoms with Crippen LogP contribution in [0.2, 0.25) is 0 Å². The number of aryl methyl sites for hydroxylation is 1. The van der Waals surface area contributed by atoms with Gasteiger partial charge in [-0.25, -0.2) is 13.1 Å². The number of aliphatic hydroxyl groups is 1. The van der Waals surface area contributed by atoms with Crippen LogP contribution in [0.4, 0.5) is 0 Å². The molecule has 0 spiro atoms. The molecule has 2 rings (SSSR count). The number of hydrogen-bond acceptors (Lipinski definition) is 3. The first-order chi connectivity index (χ1) is 9.07. The predicted molar refractivity (Wildman–Crippen MR) is 77.7 cm³/mol. The number of aromatic nitrogens is 1. The molecule has 1 fully saturated rings. The van der Waals surface area contributed by atoms with Crippen molar-refractivity contribution in [3.05, 3.63) is 18.0 Å². The molecule has 114 valence electrons. The van der Waals surface area contributed by atoms with Crippen LogP contribution in [0.5, 0.6) is 0 Å². The highest BCUT2D eigenvalue weighted by molar-refractivity contribution is 7.89. The van der Waals surface area contributed by atoms with Crippen molar-refractivity contribution < 1.29 is 13.5 Å². The Kier molecular flexibility index (Phi) is 3.56. The van der Waals surface area contributed by atoms with E-state index in [4.69, 9.17) is 0 Å². The minimum atomic E-state index is -3.54. The summed E-state index contributed by atoms with van der Waals surface area (Å²) in [6.07, 6.45) is 1.58. The fourth-order valence-electron chi connectivity index (χ4n) is 2.81. The molecule has 0 atom stereocenters. The van der Waals surface area contributed by atoms with Gasteiger partial charge in [-0.05, 0) is 23.8 Å². The number of rotatable bonds is 5. The van der Waals surface area contributed by atoms with Crippen LogP contribution in [0.3, 0.4) is 0 Å². The zero-order valence-electron chi connectivity index (χ0n) is 12.8. The Balaban J connectivity index is 2.26. The molecule has 1 saturated carbocycles. The second-order valence-corrected chi connectivity index (χ2v) is 8.32. The Bertz CT molecular complexity index is 579. The van der Waals surface area contributed by atoms with Gasteiger partial charge in [0.25, 0.3) is 0 Å². The van der Waals surface area contributed by atoms with E-state index in [0.717, 1.165) is 0 Å². The van der Waals surface area contributed by atoms with E-state index >= 15 is 0 Å². The smallest absolute Gasteiger partial charge is 0.242 e. The van der Waals surface area contributed by atoms with Crippen molar-refractivity contribution in [2.45, 2.75) is 58.7 Å². The van der Waals surface area contributed by atoms with Crippen molar-refractivity contribution in [3.8, 4) is 0 Å². The second-order valence-electron chi connectivity index (χ2n) is 6.61. The molecule has 1 aliphatic rings. The lowest BCUT2D eigenvalue weighted by Crippen LogP contribution is -2.29. The molecule has 1 aliphatic carbocycles. The third-order valence-electron chi connectivity index (χ3n) is 5.07. The van der Waals surface area contributed by atoms with Gasteiger partial charge in [0.05, 0.1) is 11.5 Å². The highest BCUT2D eigenvalue weighted by atomic mass is 32.2. The highest BCUT2D eigenvalue weighted by Crippen LogP contribution is 2.62. The van der Waals surface area contributed by atoms with Crippen LogP contribution >= 0.6 is 0 Å². The molecule has 0 saturated heterocycles. The summed E-state index contributed by atoms with van der Waals surface area (Å²) in [6, 6.07) is 1.47. The number of nitrogens with one attached hydrogen (secondary N) is 1. The predicted octanol–water partition coefficient (Wildman–Crippen LogP) is 1.71. The Morgan fingerprint density at radius 1 is 1.30 bits per heavy atom. The zero-order valence-corrected chi connectivity index (χ0v) is 13.6. The molecule has 0 radical (unpaired) electrons. The molecule has 1 aromatic rings. The van der Waals surface area contributed by atoms with Crippen LogP contribution in [0, 0.1) is 10.8 Å². The van der Waals surface area contributed by atoms with Gasteiger partial charge in [0.2, 0.25) is 10.0 Å². The number of nitrogens with zero attached hydrogens (tertiary/aromatic N) is 1. The normalized spacial score (nSPS) is 21.1. The van der Waals surface area contributed by atoms with E-state index in [0.29, 0.717) is 12.2 Å². The summed E-state index contributed by atoms with van der Waals surface area (Å²) < 4.78 is 29.4. The van der Waals surface area contributed by atoms with Gasteiger partial charge >= 0.3 is 0 Å². The lowest BCUT2D eigenvalue weighted by atomic mass is 10.0. The lowest BCUT2D eigenvalue weighted by Gasteiger charge is -2.06. The maximum absolute atomic E-state index is 12.4. The van der Waals surface area contributed by atoms with E-state index in [1.807, 2.05) is 6.92 Å². The van der Waals surface area contributed by atoms with Gasteiger partial charge in [0.1, 0.15) is 0 Å². The monoisotopic (exact) mass is 300 g/mol. The highest BCUT2D eigenvalue weighted by Gasteiger charge is 2.66. The second kappa shape index (κ2) is 4.58. The first kappa shape index (κ1) is 15.5. The fourth-order valence-corrected chi connectivity index (χ4v) is 4.41. The summed E-state index contributed by atoms with van der Waals surface area (Å²) in [4.78, 5) is 0.224. The fraction of sp³-hybridized carbons (Fsp3) is 0.714. The first-order valence-electron chi connectivity index (χ1n) is 6.90. The lowest BCUT2D eigenvalue weighted by molar-refractivity contribution is 0.271. The Morgan fingerprint density at radius 2 is 1.85 bits per heavy atom. The number of aliphatic hydroxyl groups excluding tert-OH is 1. The average Bonchev–Trinajstić information content (AvgIpc) is 2.75. The van der Waals surface area contributed by atoms with E-state index in [9.17, 15) is 13.5 Å². The van der Waals surface area contributed by atoms with Gasteiger partial charge in [0, 0.05) is 24.5 Å². The van der Waals surface area contributed by atoms with E-state index < -0.39 is 10.0 Å². The molecule has 0 aliphatic heterocycles. The summed E-state index contributed by atoms with van der Waals surface area (Å²) in [5.74, 6) is 0. The van der Waals surface area contributed by atoms with E-state index in [1.165, 1.54) is 6.07 Å². The third-order valence-corrected chi connectivity index (χ3v) is 6.46. The summed E-state index contributed by atoms with van der Waals surface area (Å²) >= 11 is 0. The van der Waals surface area contributed by atoms with Crippen molar-refractivity contribution in [1.29, 1.82) is 0 Å². The van der Waals surface area contributed by atoms with E-state index in [-0.39, 0.29) is 28.4 Å². The maximum Gasteiger partial charge on any atom is 0.242 e. The molecular formula is C14H24N2O3S. The SMILES string of the molecule is CCn1cc(S(=O)(=O)NC2C(C)(C)C2(C)C)cc1CO. The summed E-state index contributed by atoms with van der Waals surface area (Å²) in [5, 5.41) is 9.25. The average molecular weight is 300 g/mol. The summed E-state index contributed by atoms with van der Waals surface area (Å²) in [5.41, 5.74) is 0.516. The molecule has 6 heteroatoms. The molecule has 5 nitrogen and oxygen atoms in total. The molecule has 0 unspecified atom stereocenters. The topological polar surface area (TPSA) is 71.3 Å². The molecule has 20 heavy (non-hydrogen) atoms. The van der Waals surface area contributed by atoms with Crippen LogP contribution in [0.25, 0.3) is 0 Å². The zero-order chi connectivity index (χ0) is 15.3. The van der Waals surface area contributed by atoms with Crippen LogP contribution < -0.4 is 4.72 Å². The molecule has 0 amide bonds. The van der Waals surface area contributed by atoms with Gasteiger partial charge in [-0.1, -0.05) is 27.7 Å². The van der Waals surface area contributed by atoms with Crippen molar-refractivity contribution in [2.24, 2.45) is 10.8 Å². The molecule has 0 aromatic carbocycles. The summed E-state index contributed by atoms with van der Waals surface area (Å²) in [6.45, 7) is 10.6. The van der Waals surface area contributed by atoms with Crippen LogP contribution in [0.15, 0.2) is 17.2 Å². The minimum absolute atomic E-state index is 0.0484. The summed E-state index contributed by atoms with van der Waals surface area (Å²) in [7, 11) is -3.54. The Labute approximate surface area is 121 Å². The van der Waals surface area contributed by atoms with Gasteiger partial charge in [0.15, 0.2) is 0 Å². The first-order valence-corrected chi connectivity index (χ1v) is 8.38. The number of hydrogen-bond donors (Lipinski definition) is 2. The van der Waals surface area contributed by atoms with Crippen molar-refractivity contribution >= 4 is 10.0 Å². The molecule has 1 aromatic heterocycles. The Morgan fingerprint density at radius 3 is 2.20 bits per heavy atom. The standard InChI is InChI=1S/C14H24N2O3S/c1-6-16-8-11(7-10(16)9-17)20(18,19)15-12-13(2,3)14(12,4)5/h7-8,12,15,17H,6,9H2,1-5H3. The van der Waals surface area contributed by atoms with E-state index in [2.05, 4.69) is 32.4 Å². The minimum Gasteiger partial charge on any atom is -0.390 e. The van der Waals surface area contributed by atoms with Gasteiger partial charge in [-0.3, -0.25) is 0 Å². The van der Waals surface area contributed by atoms with Crippen LogP contribution in [0.1, 0.15) is 40.3 Å². The molecule has 0 bridgehead atoms. The van der Waals surface area contributed by atoms with E-state index in [1.54, 1.807) is 10.8 Å². The van der Waals surface area contributed by atoms with Crippen molar-refractivity contribution in [3.63, 3.8) is 0 Å². The maximum atomic E-state index is 12.4. The third kappa shape index (κ3) is 2.19. The van der Waals surface area contributed by atoms with Crippen molar-refractivity contribution in [1.82, 2.24) is 9.29 Å². The number of sulfonamides is 1.